The highest BCUT2D eigenvalue weighted by Gasteiger charge is 2.22. The summed E-state index contributed by atoms with van der Waals surface area (Å²) in [7, 11) is 0. The molecule has 0 aromatic carbocycles. The van der Waals surface area contributed by atoms with Gasteiger partial charge in [-0.05, 0) is 31.2 Å². The number of aromatic nitrogens is 3. The van der Waals surface area contributed by atoms with Crippen LogP contribution in [-0.4, -0.2) is 26.6 Å². The minimum Gasteiger partial charge on any atom is -0.301 e. The van der Waals surface area contributed by atoms with Crippen molar-refractivity contribution in [2.75, 3.05) is 11.1 Å². The van der Waals surface area contributed by atoms with Crippen LogP contribution in [0.4, 0.5) is 5.13 Å². The van der Waals surface area contributed by atoms with Gasteiger partial charge in [0.15, 0.2) is 5.13 Å². The third-order valence-electron chi connectivity index (χ3n) is 4.33. The van der Waals surface area contributed by atoms with Gasteiger partial charge in [0.2, 0.25) is 5.91 Å². The standard InChI is InChI=1S/C18H20N4OS3/c1-10(2)15-21-16(25-9-13(23)20-18-19-7-8-24-18)14-11-5-3-4-6-12(11)26-17(14)22-15/h7-8,10H,3-6,9H2,1-2H3,(H,19,20,23). The molecule has 1 N–H and O–H groups in total. The van der Waals surface area contributed by atoms with Crippen molar-refractivity contribution in [3.63, 3.8) is 0 Å². The van der Waals surface area contributed by atoms with E-state index < -0.39 is 0 Å². The molecule has 0 saturated heterocycles. The fourth-order valence-corrected chi connectivity index (χ4v) is 5.82. The zero-order chi connectivity index (χ0) is 18.1. The average molecular weight is 405 g/mol. The minimum atomic E-state index is -0.0492. The van der Waals surface area contributed by atoms with E-state index in [1.807, 2.05) is 16.7 Å². The van der Waals surface area contributed by atoms with E-state index in [0.717, 1.165) is 28.5 Å². The molecule has 0 unspecified atom stereocenters. The first-order valence-corrected chi connectivity index (χ1v) is 11.4. The lowest BCUT2D eigenvalue weighted by Crippen LogP contribution is -2.14. The summed E-state index contributed by atoms with van der Waals surface area (Å²) < 4.78 is 0. The normalized spacial score (nSPS) is 14.0. The van der Waals surface area contributed by atoms with Crippen molar-refractivity contribution in [3.05, 3.63) is 27.8 Å². The molecule has 3 aromatic rings. The van der Waals surface area contributed by atoms with E-state index in [9.17, 15) is 4.79 Å². The summed E-state index contributed by atoms with van der Waals surface area (Å²) in [6.07, 6.45) is 6.40. The molecule has 0 saturated carbocycles. The van der Waals surface area contributed by atoms with Gasteiger partial charge in [-0.25, -0.2) is 15.0 Å². The van der Waals surface area contributed by atoms with Crippen molar-refractivity contribution < 1.29 is 4.79 Å². The molecule has 26 heavy (non-hydrogen) atoms. The number of carbonyl (C=O) groups excluding carboxylic acids is 1. The number of nitrogens with zero attached hydrogens (tertiary/aromatic N) is 3. The maximum Gasteiger partial charge on any atom is 0.236 e. The van der Waals surface area contributed by atoms with Crippen LogP contribution in [0.15, 0.2) is 16.6 Å². The second-order valence-corrected chi connectivity index (χ2v) is 9.55. The third kappa shape index (κ3) is 3.63. The number of amides is 1. The number of thiophene rings is 1. The van der Waals surface area contributed by atoms with Crippen LogP contribution in [0.3, 0.4) is 0 Å². The largest absolute Gasteiger partial charge is 0.301 e. The van der Waals surface area contributed by atoms with Crippen LogP contribution in [0.25, 0.3) is 10.2 Å². The van der Waals surface area contributed by atoms with Crippen molar-refractivity contribution in [2.24, 2.45) is 0 Å². The molecule has 0 aliphatic heterocycles. The molecule has 0 atom stereocenters. The van der Waals surface area contributed by atoms with Crippen LogP contribution in [0.5, 0.6) is 0 Å². The Morgan fingerprint density at radius 1 is 1.31 bits per heavy atom. The topological polar surface area (TPSA) is 67.8 Å². The monoisotopic (exact) mass is 404 g/mol. The lowest BCUT2D eigenvalue weighted by atomic mass is 9.97. The maximum absolute atomic E-state index is 12.3. The molecule has 136 valence electrons. The number of hydrogen-bond acceptors (Lipinski definition) is 7. The van der Waals surface area contributed by atoms with Gasteiger partial charge in [-0.1, -0.05) is 25.6 Å². The lowest BCUT2D eigenvalue weighted by molar-refractivity contribution is -0.113. The Hall–Kier alpha value is -1.51. The van der Waals surface area contributed by atoms with Gasteiger partial charge in [0, 0.05) is 27.8 Å². The summed E-state index contributed by atoms with van der Waals surface area (Å²) in [6, 6.07) is 0. The Balaban J connectivity index is 1.63. The summed E-state index contributed by atoms with van der Waals surface area (Å²) in [6.45, 7) is 4.22. The number of aryl methyl sites for hydroxylation is 2. The molecule has 1 amide bonds. The van der Waals surface area contributed by atoms with Gasteiger partial charge in [0.05, 0.1) is 5.75 Å². The van der Waals surface area contributed by atoms with E-state index in [0.29, 0.717) is 10.9 Å². The predicted octanol–water partition coefficient (Wildman–Crippen LogP) is 4.88. The first kappa shape index (κ1) is 17.9. The van der Waals surface area contributed by atoms with Gasteiger partial charge in [-0.3, -0.25) is 4.79 Å². The molecule has 1 aliphatic carbocycles. The smallest absolute Gasteiger partial charge is 0.236 e. The summed E-state index contributed by atoms with van der Waals surface area (Å²) in [5, 5.41) is 7.46. The van der Waals surface area contributed by atoms with Crippen LogP contribution in [0.2, 0.25) is 0 Å². The number of anilines is 1. The summed E-state index contributed by atoms with van der Waals surface area (Å²) >= 11 is 4.74. The molecule has 0 spiro atoms. The number of hydrogen-bond donors (Lipinski definition) is 1. The van der Waals surface area contributed by atoms with E-state index in [-0.39, 0.29) is 11.8 Å². The van der Waals surface area contributed by atoms with Gasteiger partial charge in [-0.2, -0.15) is 0 Å². The second-order valence-electron chi connectivity index (χ2n) is 6.61. The van der Waals surface area contributed by atoms with Crippen LogP contribution in [0, 0.1) is 0 Å². The zero-order valence-corrected chi connectivity index (χ0v) is 17.2. The molecule has 0 fully saturated rings. The van der Waals surface area contributed by atoms with E-state index in [4.69, 9.17) is 9.97 Å². The van der Waals surface area contributed by atoms with E-state index in [1.54, 1.807) is 6.20 Å². The molecule has 5 nitrogen and oxygen atoms in total. The molecular weight excluding hydrogens is 384 g/mol. The number of nitrogens with one attached hydrogen (secondary N) is 1. The van der Waals surface area contributed by atoms with Crippen LogP contribution in [0.1, 0.15) is 48.9 Å². The fourth-order valence-electron chi connectivity index (χ4n) is 3.08. The van der Waals surface area contributed by atoms with E-state index in [2.05, 4.69) is 24.1 Å². The molecule has 4 rings (SSSR count). The maximum atomic E-state index is 12.3. The Kier molecular flexibility index (Phi) is 5.24. The molecule has 3 aromatic heterocycles. The molecule has 1 aliphatic rings. The first-order valence-electron chi connectivity index (χ1n) is 8.76. The molecular formula is C18H20N4OS3. The van der Waals surface area contributed by atoms with E-state index in [1.165, 1.54) is 51.8 Å². The van der Waals surface area contributed by atoms with Crippen molar-refractivity contribution in [1.29, 1.82) is 0 Å². The highest BCUT2D eigenvalue weighted by atomic mass is 32.2. The number of thioether (sulfide) groups is 1. The Bertz CT molecular complexity index is 934. The fraction of sp³-hybridized carbons (Fsp3) is 0.444. The third-order valence-corrected chi connectivity index (χ3v) is 7.18. The van der Waals surface area contributed by atoms with Gasteiger partial charge in [-0.15, -0.1) is 22.7 Å². The summed E-state index contributed by atoms with van der Waals surface area (Å²) in [5.74, 6) is 1.40. The number of carbonyl (C=O) groups is 1. The van der Waals surface area contributed by atoms with Crippen molar-refractivity contribution in [3.8, 4) is 0 Å². The van der Waals surface area contributed by atoms with Gasteiger partial charge < -0.3 is 5.32 Å². The van der Waals surface area contributed by atoms with E-state index >= 15 is 0 Å². The first-order chi connectivity index (χ1) is 12.6. The lowest BCUT2D eigenvalue weighted by Gasteiger charge is -2.12. The molecule has 0 bridgehead atoms. The van der Waals surface area contributed by atoms with Crippen molar-refractivity contribution >= 4 is 55.7 Å². The minimum absolute atomic E-state index is 0.0492. The Morgan fingerprint density at radius 2 is 2.15 bits per heavy atom. The van der Waals surface area contributed by atoms with Crippen molar-refractivity contribution in [1.82, 2.24) is 15.0 Å². The van der Waals surface area contributed by atoms with Gasteiger partial charge >= 0.3 is 0 Å². The molecule has 8 heteroatoms. The summed E-state index contributed by atoms with van der Waals surface area (Å²) in [4.78, 5) is 28.5. The SMILES string of the molecule is CC(C)c1nc(SCC(=O)Nc2nccs2)c2c3c(sc2n1)CCCC3. The quantitative estimate of drug-likeness (QED) is 0.485. The van der Waals surface area contributed by atoms with Crippen LogP contribution in [-0.2, 0) is 17.6 Å². The highest BCUT2D eigenvalue weighted by Crippen LogP contribution is 2.40. The van der Waals surface area contributed by atoms with Crippen LogP contribution < -0.4 is 5.32 Å². The number of fused-ring (bicyclic) bond motifs is 3. The highest BCUT2D eigenvalue weighted by molar-refractivity contribution is 8.00. The Labute approximate surface area is 164 Å². The number of rotatable bonds is 5. The average Bonchev–Trinajstić information content (AvgIpc) is 3.26. The summed E-state index contributed by atoms with van der Waals surface area (Å²) in [5.41, 5.74) is 1.41. The molecule has 0 radical (unpaired) electrons. The van der Waals surface area contributed by atoms with Crippen LogP contribution >= 0.6 is 34.4 Å². The molecule has 3 heterocycles. The van der Waals surface area contributed by atoms with Gasteiger partial charge in [0.1, 0.15) is 15.7 Å². The zero-order valence-electron chi connectivity index (χ0n) is 14.7. The van der Waals surface area contributed by atoms with Crippen molar-refractivity contribution in [2.45, 2.75) is 50.5 Å². The Morgan fingerprint density at radius 3 is 2.92 bits per heavy atom. The van der Waals surface area contributed by atoms with Gasteiger partial charge in [0.25, 0.3) is 0 Å². The number of thiazole rings is 1. The predicted molar refractivity (Wildman–Crippen MR) is 110 cm³/mol. The second kappa shape index (κ2) is 7.62.